The lowest BCUT2D eigenvalue weighted by molar-refractivity contribution is -0.137. The summed E-state index contributed by atoms with van der Waals surface area (Å²) in [5.41, 5.74) is 1.62. The SMILES string of the molecule is O=C1C=C(Nc2ccc(-n3nccn3)cc2)C(=O)N1CCO. The third-order valence-electron chi connectivity index (χ3n) is 3.13. The molecule has 0 unspecified atom stereocenters. The van der Waals surface area contributed by atoms with Crippen molar-refractivity contribution in [1.82, 2.24) is 19.9 Å². The number of rotatable bonds is 5. The van der Waals surface area contributed by atoms with Crippen LogP contribution >= 0.6 is 0 Å². The van der Waals surface area contributed by atoms with E-state index in [1.807, 2.05) is 0 Å². The van der Waals surface area contributed by atoms with Gasteiger partial charge in [-0.3, -0.25) is 14.5 Å². The molecule has 2 N–H and O–H groups in total. The second kappa shape index (κ2) is 5.78. The number of benzene rings is 1. The van der Waals surface area contributed by atoms with E-state index < -0.39 is 11.8 Å². The Morgan fingerprint density at radius 1 is 1.09 bits per heavy atom. The number of hydrogen-bond acceptors (Lipinski definition) is 6. The summed E-state index contributed by atoms with van der Waals surface area (Å²) in [7, 11) is 0. The molecule has 0 atom stereocenters. The van der Waals surface area contributed by atoms with Gasteiger partial charge in [-0.2, -0.15) is 15.0 Å². The molecule has 2 aromatic rings. The first-order valence-corrected chi connectivity index (χ1v) is 6.61. The molecule has 1 aromatic carbocycles. The van der Waals surface area contributed by atoms with Crippen molar-refractivity contribution in [3.8, 4) is 5.69 Å². The number of imide groups is 1. The molecule has 0 spiro atoms. The first-order chi connectivity index (χ1) is 10.7. The fourth-order valence-electron chi connectivity index (χ4n) is 2.09. The van der Waals surface area contributed by atoms with E-state index in [0.29, 0.717) is 5.69 Å². The lowest BCUT2D eigenvalue weighted by atomic mass is 10.2. The average Bonchev–Trinajstić information content (AvgIpc) is 3.13. The van der Waals surface area contributed by atoms with Crippen LogP contribution in [-0.4, -0.2) is 50.0 Å². The van der Waals surface area contributed by atoms with E-state index in [9.17, 15) is 9.59 Å². The van der Waals surface area contributed by atoms with Crippen molar-refractivity contribution in [3.63, 3.8) is 0 Å². The van der Waals surface area contributed by atoms with Crippen LogP contribution in [0.3, 0.4) is 0 Å². The van der Waals surface area contributed by atoms with Crippen LogP contribution in [0.15, 0.2) is 48.4 Å². The summed E-state index contributed by atoms with van der Waals surface area (Å²) >= 11 is 0. The summed E-state index contributed by atoms with van der Waals surface area (Å²) in [5.74, 6) is -0.879. The van der Waals surface area contributed by atoms with Gasteiger partial charge in [0.15, 0.2) is 0 Å². The summed E-state index contributed by atoms with van der Waals surface area (Å²) in [6.07, 6.45) is 4.38. The summed E-state index contributed by atoms with van der Waals surface area (Å²) in [4.78, 5) is 26.1. The molecule has 2 heterocycles. The number of aliphatic hydroxyl groups is 1. The van der Waals surface area contributed by atoms with Gasteiger partial charge < -0.3 is 10.4 Å². The molecule has 0 fully saturated rings. The number of aromatic nitrogens is 3. The molecule has 0 radical (unpaired) electrons. The molecule has 8 heteroatoms. The summed E-state index contributed by atoms with van der Waals surface area (Å²) < 4.78 is 0. The normalized spacial score (nSPS) is 14.4. The molecule has 8 nitrogen and oxygen atoms in total. The monoisotopic (exact) mass is 299 g/mol. The van der Waals surface area contributed by atoms with Crippen molar-refractivity contribution >= 4 is 17.5 Å². The highest BCUT2D eigenvalue weighted by molar-refractivity contribution is 6.17. The molecule has 0 aliphatic carbocycles. The Kier molecular flexibility index (Phi) is 3.67. The van der Waals surface area contributed by atoms with Crippen molar-refractivity contribution in [3.05, 3.63) is 48.4 Å². The minimum Gasteiger partial charge on any atom is -0.395 e. The van der Waals surface area contributed by atoms with Crippen molar-refractivity contribution in [2.75, 3.05) is 18.5 Å². The van der Waals surface area contributed by atoms with Gasteiger partial charge in [-0.15, -0.1) is 0 Å². The van der Waals surface area contributed by atoms with E-state index >= 15 is 0 Å². The number of aliphatic hydroxyl groups excluding tert-OH is 1. The van der Waals surface area contributed by atoms with Gasteiger partial charge in [0.25, 0.3) is 11.8 Å². The van der Waals surface area contributed by atoms with Crippen LogP contribution < -0.4 is 5.32 Å². The number of carbonyl (C=O) groups is 2. The van der Waals surface area contributed by atoms with Gasteiger partial charge in [0.05, 0.1) is 31.2 Å². The first kappa shape index (κ1) is 14.0. The van der Waals surface area contributed by atoms with E-state index in [1.54, 1.807) is 36.7 Å². The fraction of sp³-hybridized carbons (Fsp3) is 0.143. The van der Waals surface area contributed by atoms with Crippen LogP contribution in [0.25, 0.3) is 5.69 Å². The zero-order valence-electron chi connectivity index (χ0n) is 11.5. The molecule has 22 heavy (non-hydrogen) atoms. The Labute approximate surface area is 125 Å². The lowest BCUT2D eigenvalue weighted by Crippen LogP contribution is -2.34. The summed E-state index contributed by atoms with van der Waals surface area (Å²) in [6.45, 7) is -0.270. The minimum atomic E-state index is -0.447. The number of anilines is 1. The third-order valence-corrected chi connectivity index (χ3v) is 3.13. The molecule has 0 saturated heterocycles. The van der Waals surface area contributed by atoms with Gasteiger partial charge in [-0.1, -0.05) is 0 Å². The summed E-state index contributed by atoms with van der Waals surface area (Å²) in [6, 6.07) is 7.09. The molecule has 1 aliphatic rings. The molecule has 1 aliphatic heterocycles. The highest BCUT2D eigenvalue weighted by Crippen LogP contribution is 2.18. The maximum Gasteiger partial charge on any atom is 0.277 e. The first-order valence-electron chi connectivity index (χ1n) is 6.61. The summed E-state index contributed by atoms with van der Waals surface area (Å²) in [5, 5.41) is 19.8. The zero-order valence-corrected chi connectivity index (χ0v) is 11.5. The maximum absolute atomic E-state index is 12.0. The van der Waals surface area contributed by atoms with Crippen LogP contribution in [0.5, 0.6) is 0 Å². The number of β-amino-alcohol motifs (C(OH)–C–C–N with tert-alkyl or cyclic N) is 1. The molecule has 1 aromatic heterocycles. The second-order valence-electron chi connectivity index (χ2n) is 4.57. The predicted molar refractivity (Wildman–Crippen MR) is 76.9 cm³/mol. The minimum absolute atomic E-state index is 0.0107. The average molecular weight is 299 g/mol. The number of nitrogens with zero attached hydrogens (tertiary/aromatic N) is 4. The third kappa shape index (κ3) is 2.59. The Bertz CT molecular complexity index is 721. The quantitative estimate of drug-likeness (QED) is 0.749. The smallest absolute Gasteiger partial charge is 0.277 e. The molecule has 112 valence electrons. The molecule has 0 saturated carbocycles. The van der Waals surface area contributed by atoms with Crippen LogP contribution in [-0.2, 0) is 9.59 Å². The van der Waals surface area contributed by atoms with E-state index in [0.717, 1.165) is 10.6 Å². The molecular formula is C14H13N5O3. The van der Waals surface area contributed by atoms with Crippen molar-refractivity contribution in [2.24, 2.45) is 0 Å². The fourth-order valence-corrected chi connectivity index (χ4v) is 2.09. The number of amides is 2. The highest BCUT2D eigenvalue weighted by atomic mass is 16.3. The Balaban J connectivity index is 1.73. The van der Waals surface area contributed by atoms with Gasteiger partial charge >= 0.3 is 0 Å². The second-order valence-corrected chi connectivity index (χ2v) is 4.57. The standard InChI is InChI=1S/C14H13N5O3/c20-8-7-18-13(21)9-12(14(18)22)17-10-1-3-11(4-2-10)19-15-5-6-16-19/h1-6,9,17,20H,7-8H2. The van der Waals surface area contributed by atoms with Gasteiger partial charge in [0, 0.05) is 11.8 Å². The highest BCUT2D eigenvalue weighted by Gasteiger charge is 2.30. The van der Waals surface area contributed by atoms with E-state index in [-0.39, 0.29) is 18.8 Å². The van der Waals surface area contributed by atoms with E-state index in [1.165, 1.54) is 10.9 Å². The molecular weight excluding hydrogens is 286 g/mol. The van der Waals surface area contributed by atoms with Crippen LogP contribution in [0, 0.1) is 0 Å². The Morgan fingerprint density at radius 2 is 1.77 bits per heavy atom. The van der Waals surface area contributed by atoms with E-state index in [2.05, 4.69) is 15.5 Å². The van der Waals surface area contributed by atoms with Gasteiger partial charge in [0.1, 0.15) is 5.70 Å². The largest absolute Gasteiger partial charge is 0.395 e. The van der Waals surface area contributed by atoms with Gasteiger partial charge in [-0.25, -0.2) is 0 Å². The van der Waals surface area contributed by atoms with Crippen LogP contribution in [0.4, 0.5) is 5.69 Å². The maximum atomic E-state index is 12.0. The Morgan fingerprint density at radius 3 is 2.41 bits per heavy atom. The van der Waals surface area contributed by atoms with Gasteiger partial charge in [-0.05, 0) is 24.3 Å². The van der Waals surface area contributed by atoms with Crippen LogP contribution in [0.1, 0.15) is 0 Å². The van der Waals surface area contributed by atoms with Gasteiger partial charge in [0.2, 0.25) is 0 Å². The van der Waals surface area contributed by atoms with Crippen molar-refractivity contribution in [1.29, 1.82) is 0 Å². The topological polar surface area (TPSA) is 100 Å². The number of hydrogen-bond donors (Lipinski definition) is 2. The van der Waals surface area contributed by atoms with Crippen LogP contribution in [0.2, 0.25) is 0 Å². The van der Waals surface area contributed by atoms with Crippen molar-refractivity contribution < 1.29 is 14.7 Å². The molecule has 3 rings (SSSR count). The molecule has 2 amide bonds. The lowest BCUT2D eigenvalue weighted by Gasteiger charge is -2.13. The van der Waals surface area contributed by atoms with Crippen molar-refractivity contribution in [2.45, 2.75) is 0 Å². The number of nitrogens with one attached hydrogen (secondary N) is 1. The molecule has 0 bridgehead atoms. The predicted octanol–water partition coefficient (Wildman–Crippen LogP) is -0.0758. The zero-order chi connectivity index (χ0) is 15.5. The number of carbonyl (C=O) groups excluding carboxylic acids is 2. The van der Waals surface area contributed by atoms with E-state index in [4.69, 9.17) is 5.11 Å². The Hall–Kier alpha value is -3.00.